The molecule has 1 atom stereocenters. The zero-order chi connectivity index (χ0) is 22.3. The number of hydrogen-bond donors (Lipinski definition) is 2. The maximum absolute atomic E-state index is 12.0. The molecule has 1 amide bonds. The lowest BCUT2D eigenvalue weighted by molar-refractivity contribution is -0.127. The second-order valence-electron chi connectivity index (χ2n) is 7.98. The lowest BCUT2D eigenvalue weighted by atomic mass is 10.1. The van der Waals surface area contributed by atoms with E-state index in [-0.39, 0.29) is 36.4 Å². The van der Waals surface area contributed by atoms with Crippen molar-refractivity contribution in [1.29, 1.82) is 0 Å². The third-order valence-corrected chi connectivity index (χ3v) is 6.63. The minimum Gasteiger partial charge on any atom is -0.355 e. The van der Waals surface area contributed by atoms with Gasteiger partial charge in [0.05, 0.1) is 18.0 Å². The van der Waals surface area contributed by atoms with E-state index >= 15 is 0 Å². The fourth-order valence-corrected chi connectivity index (χ4v) is 4.60. The van der Waals surface area contributed by atoms with E-state index in [1.807, 2.05) is 6.07 Å². The van der Waals surface area contributed by atoms with Gasteiger partial charge in [-0.3, -0.25) is 9.69 Å². The van der Waals surface area contributed by atoms with Crippen LogP contribution in [0.3, 0.4) is 0 Å². The number of sulfone groups is 1. The Balaban J connectivity index is 0.00000480. The summed E-state index contributed by atoms with van der Waals surface area (Å²) in [6, 6.07) is 5.72. The number of aliphatic imine (C=N–C) groups is 1. The van der Waals surface area contributed by atoms with Crippen LogP contribution in [-0.2, 0) is 21.2 Å². The van der Waals surface area contributed by atoms with Crippen LogP contribution in [0.2, 0.25) is 0 Å². The Labute approximate surface area is 203 Å². The number of halogens is 1. The van der Waals surface area contributed by atoms with Crippen LogP contribution in [0.5, 0.6) is 0 Å². The predicted molar refractivity (Wildman–Crippen MR) is 136 cm³/mol. The molecular formula is C21H36IN5O3S. The molecule has 1 unspecified atom stereocenters. The van der Waals surface area contributed by atoms with Crippen LogP contribution in [0.1, 0.15) is 30.9 Å². The number of likely N-dealkylation sites (tertiary alicyclic amines) is 1. The van der Waals surface area contributed by atoms with E-state index in [0.717, 1.165) is 31.6 Å². The molecule has 1 saturated heterocycles. The number of benzene rings is 1. The first-order valence-electron chi connectivity index (χ1n) is 10.4. The number of carbonyl (C=O) groups excluding carboxylic acids is 1. The summed E-state index contributed by atoms with van der Waals surface area (Å²) in [5, 5.41) is 6.48. The molecule has 0 aliphatic carbocycles. The number of hydrogen-bond acceptors (Lipinski definition) is 5. The molecule has 1 aromatic rings. The average Bonchev–Trinajstić information content (AvgIpc) is 3.13. The smallest absolute Gasteiger partial charge is 0.241 e. The van der Waals surface area contributed by atoms with Crippen LogP contribution in [0, 0.1) is 6.92 Å². The monoisotopic (exact) mass is 565 g/mol. The Kier molecular flexibility index (Phi) is 11.2. The van der Waals surface area contributed by atoms with Crippen molar-refractivity contribution in [1.82, 2.24) is 20.4 Å². The minimum absolute atomic E-state index is 0. The maximum Gasteiger partial charge on any atom is 0.241 e. The molecule has 0 bridgehead atoms. The van der Waals surface area contributed by atoms with Crippen molar-refractivity contribution in [2.45, 2.75) is 44.2 Å². The van der Waals surface area contributed by atoms with Gasteiger partial charge in [0.2, 0.25) is 5.91 Å². The molecule has 0 radical (unpaired) electrons. The summed E-state index contributed by atoms with van der Waals surface area (Å²) in [4.78, 5) is 20.9. The number of carbonyl (C=O) groups is 1. The highest BCUT2D eigenvalue weighted by Gasteiger charge is 2.23. The third-order valence-electron chi connectivity index (χ3n) is 5.37. The van der Waals surface area contributed by atoms with Crippen LogP contribution in [0.4, 0.5) is 0 Å². The number of amides is 1. The summed E-state index contributed by atoms with van der Waals surface area (Å²) in [6.45, 7) is 7.42. The lowest BCUT2D eigenvalue weighted by Gasteiger charge is -2.24. The molecule has 0 spiro atoms. The molecule has 1 aliphatic rings. The summed E-state index contributed by atoms with van der Waals surface area (Å²) < 4.78 is 23.6. The highest BCUT2D eigenvalue weighted by Crippen LogP contribution is 2.17. The second kappa shape index (κ2) is 12.6. The van der Waals surface area contributed by atoms with Gasteiger partial charge in [0.1, 0.15) is 0 Å². The van der Waals surface area contributed by atoms with E-state index in [9.17, 15) is 13.2 Å². The molecule has 0 aromatic heterocycles. The topological polar surface area (TPSA) is 94.1 Å². The fraction of sp³-hybridized carbons (Fsp3) is 0.619. The standard InChI is InChI=1S/C21H35N5O3S.HI/c1-6-26-11-7-8-18(26)14-23-21(24-15-20(27)25(3)4)22-13-17-9-10-19(16(2)12-17)30(5,28)29;/h9-10,12,18H,6-8,11,13-15H2,1-5H3,(H2,22,23,24);1H. The van der Waals surface area contributed by atoms with Gasteiger partial charge in [-0.05, 0) is 50.0 Å². The first-order chi connectivity index (χ1) is 14.1. The highest BCUT2D eigenvalue weighted by atomic mass is 127. The van der Waals surface area contributed by atoms with Crippen molar-refractivity contribution in [3.63, 3.8) is 0 Å². The summed E-state index contributed by atoms with van der Waals surface area (Å²) in [5.74, 6) is 0.548. The molecule has 31 heavy (non-hydrogen) atoms. The zero-order valence-electron chi connectivity index (χ0n) is 19.1. The Morgan fingerprint density at radius 3 is 2.58 bits per heavy atom. The number of aryl methyl sites for hydroxylation is 1. The van der Waals surface area contributed by atoms with Crippen molar-refractivity contribution < 1.29 is 13.2 Å². The Morgan fingerprint density at radius 2 is 2.00 bits per heavy atom. The molecule has 176 valence electrons. The van der Waals surface area contributed by atoms with Crippen LogP contribution in [0.25, 0.3) is 0 Å². The van der Waals surface area contributed by atoms with Crippen LogP contribution in [-0.4, -0.2) is 82.7 Å². The minimum atomic E-state index is -3.24. The number of nitrogens with zero attached hydrogens (tertiary/aromatic N) is 3. The van der Waals surface area contributed by atoms with Crippen molar-refractivity contribution in [3.05, 3.63) is 29.3 Å². The molecule has 8 nitrogen and oxygen atoms in total. The van der Waals surface area contributed by atoms with Gasteiger partial charge in [0.25, 0.3) is 0 Å². The van der Waals surface area contributed by atoms with Gasteiger partial charge >= 0.3 is 0 Å². The van der Waals surface area contributed by atoms with E-state index in [1.54, 1.807) is 33.2 Å². The quantitative estimate of drug-likeness (QED) is 0.283. The molecule has 1 fully saturated rings. The predicted octanol–water partition coefficient (Wildman–Crippen LogP) is 1.62. The average molecular weight is 566 g/mol. The first kappa shape index (κ1) is 27.6. The van der Waals surface area contributed by atoms with Crippen molar-refractivity contribution in [2.75, 3.05) is 46.5 Å². The van der Waals surface area contributed by atoms with Gasteiger partial charge in [-0.2, -0.15) is 0 Å². The largest absolute Gasteiger partial charge is 0.355 e. The molecule has 10 heteroatoms. The number of likely N-dealkylation sites (N-methyl/N-ethyl adjacent to an activating group) is 2. The molecule has 0 saturated carbocycles. The van der Waals surface area contributed by atoms with E-state index in [4.69, 9.17) is 0 Å². The van der Waals surface area contributed by atoms with Gasteiger partial charge in [-0.25, -0.2) is 13.4 Å². The lowest BCUT2D eigenvalue weighted by Crippen LogP contribution is -2.47. The van der Waals surface area contributed by atoms with Gasteiger partial charge in [0, 0.05) is 32.9 Å². The molecule has 2 rings (SSSR count). The Morgan fingerprint density at radius 1 is 1.29 bits per heavy atom. The highest BCUT2D eigenvalue weighted by molar-refractivity contribution is 14.0. The number of rotatable bonds is 8. The molecule has 1 aromatic carbocycles. The second-order valence-corrected chi connectivity index (χ2v) is 9.97. The molecule has 1 aliphatic heterocycles. The van der Waals surface area contributed by atoms with Crippen molar-refractivity contribution in [2.24, 2.45) is 4.99 Å². The van der Waals surface area contributed by atoms with Crippen LogP contribution < -0.4 is 10.6 Å². The van der Waals surface area contributed by atoms with Crippen molar-refractivity contribution >= 4 is 45.7 Å². The van der Waals surface area contributed by atoms with Crippen molar-refractivity contribution in [3.8, 4) is 0 Å². The van der Waals surface area contributed by atoms with Gasteiger partial charge in [-0.1, -0.05) is 19.1 Å². The maximum atomic E-state index is 12.0. The molecular weight excluding hydrogens is 529 g/mol. The third kappa shape index (κ3) is 8.57. The number of guanidine groups is 1. The Bertz CT molecular complexity index is 874. The molecule has 1 heterocycles. The van der Waals surface area contributed by atoms with E-state index < -0.39 is 9.84 Å². The summed E-state index contributed by atoms with van der Waals surface area (Å²) in [6.07, 6.45) is 3.56. The summed E-state index contributed by atoms with van der Waals surface area (Å²) in [5.41, 5.74) is 1.62. The Hall–Kier alpha value is -1.40. The van der Waals surface area contributed by atoms with E-state index in [1.165, 1.54) is 17.6 Å². The zero-order valence-corrected chi connectivity index (χ0v) is 22.3. The summed E-state index contributed by atoms with van der Waals surface area (Å²) >= 11 is 0. The van der Waals surface area contributed by atoms with Crippen LogP contribution in [0.15, 0.2) is 28.1 Å². The first-order valence-corrected chi connectivity index (χ1v) is 12.3. The van der Waals surface area contributed by atoms with Gasteiger partial charge in [-0.15, -0.1) is 24.0 Å². The van der Waals surface area contributed by atoms with E-state index in [2.05, 4.69) is 27.4 Å². The van der Waals surface area contributed by atoms with Gasteiger partial charge < -0.3 is 15.5 Å². The van der Waals surface area contributed by atoms with Crippen LogP contribution >= 0.6 is 24.0 Å². The summed E-state index contributed by atoms with van der Waals surface area (Å²) in [7, 11) is 0.199. The normalized spacial score (nSPS) is 17.2. The SMILES string of the molecule is CCN1CCCC1CNC(=NCc1ccc(S(C)(=O)=O)c(C)c1)NCC(=O)N(C)C.I. The number of nitrogens with one attached hydrogen (secondary N) is 2. The van der Waals surface area contributed by atoms with E-state index in [0.29, 0.717) is 29.0 Å². The fourth-order valence-electron chi connectivity index (χ4n) is 3.65. The van der Waals surface area contributed by atoms with Gasteiger partial charge in [0.15, 0.2) is 15.8 Å². The molecule has 2 N–H and O–H groups in total.